The predicted octanol–water partition coefficient (Wildman–Crippen LogP) is 2.83. The van der Waals surface area contributed by atoms with Crippen molar-refractivity contribution in [3.63, 3.8) is 0 Å². The molecule has 1 aromatic rings. The zero-order valence-corrected chi connectivity index (χ0v) is 12.9. The minimum absolute atomic E-state index is 0.219. The van der Waals surface area contributed by atoms with E-state index in [0.717, 1.165) is 24.8 Å². The van der Waals surface area contributed by atoms with Crippen LogP contribution >= 0.6 is 0 Å². The van der Waals surface area contributed by atoms with Gasteiger partial charge in [0.1, 0.15) is 12.4 Å². The third-order valence-electron chi connectivity index (χ3n) is 4.35. The summed E-state index contributed by atoms with van der Waals surface area (Å²) < 4.78 is 5.82. The van der Waals surface area contributed by atoms with Crippen molar-refractivity contribution in [2.45, 2.75) is 38.8 Å². The summed E-state index contributed by atoms with van der Waals surface area (Å²) in [4.78, 5) is 2.60. The Bertz CT molecular complexity index is 466. The maximum absolute atomic E-state index is 5.82. The first kappa shape index (κ1) is 13.9. The zero-order valence-electron chi connectivity index (χ0n) is 12.9. The van der Waals surface area contributed by atoms with Crippen LogP contribution in [-0.4, -0.2) is 36.7 Å². The lowest BCUT2D eigenvalue weighted by atomic mass is 10.0. The van der Waals surface area contributed by atoms with Crippen molar-refractivity contribution in [3.8, 4) is 5.75 Å². The van der Waals surface area contributed by atoms with Gasteiger partial charge >= 0.3 is 0 Å². The molecule has 1 aromatic carbocycles. The molecule has 1 saturated heterocycles. The fourth-order valence-corrected chi connectivity index (χ4v) is 3.21. The fourth-order valence-electron chi connectivity index (χ4n) is 3.21. The summed E-state index contributed by atoms with van der Waals surface area (Å²) in [6.07, 6.45) is 1.29. The summed E-state index contributed by atoms with van der Waals surface area (Å²) in [6.45, 7) is 11.0. The molecule has 0 saturated carbocycles. The number of hydrogen-bond acceptors (Lipinski definition) is 3. The van der Waals surface area contributed by atoms with Gasteiger partial charge in [-0.3, -0.25) is 4.90 Å². The molecule has 0 spiro atoms. The first-order chi connectivity index (χ1) is 9.53. The van der Waals surface area contributed by atoms with E-state index in [1.165, 1.54) is 25.1 Å². The minimum Gasteiger partial charge on any atom is -0.491 e. The Hall–Kier alpha value is -1.06. The number of likely N-dealkylation sites (tertiary alicyclic amines) is 1. The average molecular weight is 274 g/mol. The van der Waals surface area contributed by atoms with E-state index in [4.69, 9.17) is 4.74 Å². The molecule has 2 aliphatic heterocycles. The van der Waals surface area contributed by atoms with E-state index < -0.39 is 0 Å². The van der Waals surface area contributed by atoms with Crippen LogP contribution in [0, 0.1) is 5.92 Å². The molecule has 1 fully saturated rings. The van der Waals surface area contributed by atoms with E-state index in [2.05, 4.69) is 55.3 Å². The maximum Gasteiger partial charge on any atom is 0.124 e. The van der Waals surface area contributed by atoms with E-state index in [1.807, 2.05) is 0 Å². The van der Waals surface area contributed by atoms with Crippen molar-refractivity contribution in [2.75, 3.05) is 26.2 Å². The van der Waals surface area contributed by atoms with Crippen LogP contribution in [-0.2, 0) is 0 Å². The molecule has 110 valence electrons. The van der Waals surface area contributed by atoms with Gasteiger partial charge < -0.3 is 10.1 Å². The summed E-state index contributed by atoms with van der Waals surface area (Å²) in [5.41, 5.74) is 1.59. The Morgan fingerprint density at radius 2 is 2.10 bits per heavy atom. The second-order valence-corrected chi connectivity index (χ2v) is 7.15. The smallest absolute Gasteiger partial charge is 0.124 e. The Labute approximate surface area is 122 Å². The van der Waals surface area contributed by atoms with Crippen LogP contribution < -0.4 is 10.1 Å². The van der Waals surface area contributed by atoms with Gasteiger partial charge in [-0.1, -0.05) is 18.2 Å². The van der Waals surface area contributed by atoms with E-state index in [0.29, 0.717) is 6.04 Å². The van der Waals surface area contributed by atoms with Crippen LogP contribution in [0.5, 0.6) is 5.75 Å². The van der Waals surface area contributed by atoms with Gasteiger partial charge in [0.15, 0.2) is 0 Å². The highest BCUT2D eigenvalue weighted by atomic mass is 16.5. The second kappa shape index (κ2) is 5.38. The Morgan fingerprint density at radius 3 is 2.90 bits per heavy atom. The highest BCUT2D eigenvalue weighted by molar-refractivity contribution is 5.39. The van der Waals surface area contributed by atoms with Crippen LogP contribution in [0.25, 0.3) is 0 Å². The normalized spacial score (nSPS) is 26.6. The number of para-hydroxylation sites is 1. The van der Waals surface area contributed by atoms with Gasteiger partial charge in [-0.15, -0.1) is 0 Å². The zero-order chi connectivity index (χ0) is 14.2. The van der Waals surface area contributed by atoms with E-state index in [-0.39, 0.29) is 5.54 Å². The molecule has 0 aromatic heterocycles. The van der Waals surface area contributed by atoms with Crippen LogP contribution in [0.1, 0.15) is 38.8 Å². The number of nitrogens with one attached hydrogen (secondary N) is 1. The van der Waals surface area contributed by atoms with Gasteiger partial charge in [-0.2, -0.15) is 0 Å². The van der Waals surface area contributed by atoms with Crippen molar-refractivity contribution in [1.82, 2.24) is 10.2 Å². The molecule has 1 N–H and O–H groups in total. The largest absolute Gasteiger partial charge is 0.491 e. The highest BCUT2D eigenvalue weighted by Gasteiger charge is 2.34. The van der Waals surface area contributed by atoms with E-state index >= 15 is 0 Å². The molecular weight excluding hydrogens is 248 g/mol. The molecular formula is C17H26N2O. The topological polar surface area (TPSA) is 24.5 Å². The summed E-state index contributed by atoms with van der Waals surface area (Å²) in [5, 5.41) is 3.64. The number of rotatable bonds is 3. The lowest BCUT2D eigenvalue weighted by Crippen LogP contribution is -2.40. The Balaban J connectivity index is 1.59. The van der Waals surface area contributed by atoms with E-state index in [1.54, 1.807) is 0 Å². The van der Waals surface area contributed by atoms with Crippen LogP contribution in [0.3, 0.4) is 0 Å². The number of ether oxygens (including phenoxy) is 1. The lowest BCUT2D eigenvalue weighted by Gasteiger charge is -2.25. The molecule has 2 aliphatic rings. The number of hydrogen-bond donors (Lipinski definition) is 1. The molecule has 2 heterocycles. The molecule has 2 atom stereocenters. The average Bonchev–Trinajstić information content (AvgIpc) is 3.01. The van der Waals surface area contributed by atoms with Crippen LogP contribution in [0.4, 0.5) is 0 Å². The SMILES string of the molecule is CC(C)(C)NCC1CCN(C2COc3ccccc32)C1. The first-order valence-electron chi connectivity index (χ1n) is 7.74. The van der Waals surface area contributed by atoms with Crippen LogP contribution in [0.15, 0.2) is 24.3 Å². The molecule has 0 aliphatic carbocycles. The monoisotopic (exact) mass is 274 g/mol. The Kier molecular flexibility index (Phi) is 3.74. The second-order valence-electron chi connectivity index (χ2n) is 7.15. The summed E-state index contributed by atoms with van der Waals surface area (Å²) in [5.74, 6) is 1.84. The summed E-state index contributed by atoms with van der Waals surface area (Å²) in [7, 11) is 0. The summed E-state index contributed by atoms with van der Waals surface area (Å²) >= 11 is 0. The van der Waals surface area contributed by atoms with Gasteiger partial charge in [-0.25, -0.2) is 0 Å². The van der Waals surface area contributed by atoms with Gasteiger partial charge in [0, 0.05) is 17.6 Å². The highest BCUT2D eigenvalue weighted by Crippen LogP contribution is 2.38. The molecule has 3 rings (SSSR count). The van der Waals surface area contributed by atoms with Crippen molar-refractivity contribution in [2.24, 2.45) is 5.92 Å². The summed E-state index contributed by atoms with van der Waals surface area (Å²) in [6, 6.07) is 8.94. The third-order valence-corrected chi connectivity index (χ3v) is 4.35. The van der Waals surface area contributed by atoms with Crippen molar-refractivity contribution in [1.29, 1.82) is 0 Å². The van der Waals surface area contributed by atoms with Gasteiger partial charge in [-0.05, 0) is 52.3 Å². The number of nitrogens with zero attached hydrogens (tertiary/aromatic N) is 1. The predicted molar refractivity (Wildman–Crippen MR) is 82.1 cm³/mol. The van der Waals surface area contributed by atoms with Gasteiger partial charge in [0.25, 0.3) is 0 Å². The van der Waals surface area contributed by atoms with Crippen molar-refractivity contribution < 1.29 is 4.74 Å². The van der Waals surface area contributed by atoms with Gasteiger partial charge in [0.05, 0.1) is 6.04 Å². The number of benzene rings is 1. The first-order valence-corrected chi connectivity index (χ1v) is 7.74. The lowest BCUT2D eigenvalue weighted by molar-refractivity contribution is 0.188. The fraction of sp³-hybridized carbons (Fsp3) is 0.647. The number of fused-ring (bicyclic) bond motifs is 1. The molecule has 0 amide bonds. The molecule has 3 nitrogen and oxygen atoms in total. The minimum atomic E-state index is 0.219. The third kappa shape index (κ3) is 2.99. The van der Waals surface area contributed by atoms with Crippen molar-refractivity contribution >= 4 is 0 Å². The molecule has 0 bridgehead atoms. The van der Waals surface area contributed by atoms with Crippen LogP contribution in [0.2, 0.25) is 0 Å². The maximum atomic E-state index is 5.82. The Morgan fingerprint density at radius 1 is 1.30 bits per heavy atom. The van der Waals surface area contributed by atoms with Crippen molar-refractivity contribution in [3.05, 3.63) is 29.8 Å². The quantitative estimate of drug-likeness (QED) is 0.917. The standard InChI is InChI=1S/C17H26N2O/c1-17(2,3)18-10-13-8-9-19(11-13)15-12-20-16-7-5-4-6-14(15)16/h4-7,13,15,18H,8-12H2,1-3H3. The molecule has 20 heavy (non-hydrogen) atoms. The molecule has 0 radical (unpaired) electrons. The van der Waals surface area contributed by atoms with E-state index in [9.17, 15) is 0 Å². The molecule has 2 unspecified atom stereocenters. The van der Waals surface area contributed by atoms with Gasteiger partial charge in [0.2, 0.25) is 0 Å². The molecule has 3 heteroatoms.